The van der Waals surface area contributed by atoms with Gasteiger partial charge >= 0.3 is 0 Å². The summed E-state index contributed by atoms with van der Waals surface area (Å²) in [7, 11) is 0. The number of carbonyl (C=O) groups is 1. The van der Waals surface area contributed by atoms with E-state index in [1.807, 2.05) is 32.9 Å². The highest BCUT2D eigenvalue weighted by Gasteiger charge is 2.28. The summed E-state index contributed by atoms with van der Waals surface area (Å²) in [6.07, 6.45) is 3.32. The molecule has 1 rings (SSSR count). The van der Waals surface area contributed by atoms with Crippen molar-refractivity contribution < 1.29 is 9.90 Å². The molecule has 1 N–H and O–H groups in total. The number of hydrogen-bond donors (Lipinski definition) is 1. The second-order valence-corrected chi connectivity index (χ2v) is 6.97. The molecular formula is C17H25NO2. The molecule has 0 aromatic heterocycles. The number of nitrogens with zero attached hydrogens (tertiary/aromatic N) is 1. The molecule has 0 fully saturated rings. The van der Waals surface area contributed by atoms with E-state index in [2.05, 4.69) is 25.8 Å². The number of carbonyl (C=O) groups excluding carboxylic acids is 1. The number of aromatic hydroxyl groups is 1. The second-order valence-electron chi connectivity index (χ2n) is 6.97. The average Bonchev–Trinajstić information content (AvgIpc) is 2.31. The van der Waals surface area contributed by atoms with E-state index in [9.17, 15) is 9.90 Å². The van der Waals surface area contributed by atoms with Crippen molar-refractivity contribution in [3.63, 3.8) is 0 Å². The Morgan fingerprint density at radius 2 is 1.65 bits per heavy atom. The predicted molar refractivity (Wildman–Crippen MR) is 83.7 cm³/mol. The van der Waals surface area contributed by atoms with Crippen LogP contribution >= 0.6 is 0 Å². The smallest absolute Gasteiger partial charge is 0.147 e. The third-order valence-electron chi connectivity index (χ3n) is 3.16. The molecule has 3 nitrogen and oxygen atoms in total. The number of phenols is 1. The van der Waals surface area contributed by atoms with E-state index in [-0.39, 0.29) is 5.41 Å². The van der Waals surface area contributed by atoms with E-state index in [0.717, 1.165) is 23.0 Å². The predicted octanol–water partition coefficient (Wildman–Crippen LogP) is 3.82. The fraction of sp³-hybridized carbons (Fsp3) is 0.529. The highest BCUT2D eigenvalue weighted by Crippen LogP contribution is 2.29. The van der Waals surface area contributed by atoms with Crippen molar-refractivity contribution in [3.8, 4) is 5.75 Å². The second kappa shape index (κ2) is 5.78. The quantitative estimate of drug-likeness (QED) is 0.670. The molecule has 0 aliphatic rings. The molecule has 0 bridgehead atoms. The molecule has 0 radical (unpaired) electrons. The van der Waals surface area contributed by atoms with Crippen LogP contribution in [0.15, 0.2) is 17.1 Å². The minimum atomic E-state index is -0.710. The first kappa shape index (κ1) is 16.4. The number of aryl methyl sites for hydroxylation is 2. The fourth-order valence-electron chi connectivity index (χ4n) is 2.48. The molecule has 0 aliphatic heterocycles. The summed E-state index contributed by atoms with van der Waals surface area (Å²) in [5.74, 6) is 0.315. The molecule has 1 unspecified atom stereocenters. The lowest BCUT2D eigenvalue weighted by Crippen LogP contribution is -2.30. The highest BCUT2D eigenvalue weighted by atomic mass is 16.3. The maximum atomic E-state index is 11.4. The van der Waals surface area contributed by atoms with Gasteiger partial charge in [0.05, 0.1) is 0 Å². The molecular weight excluding hydrogens is 250 g/mol. The number of benzene rings is 1. The standard InChI is InChI=1S/C17H25NO2/c1-12-7-14(8-13(2)15(12)20)9-18-17(6,11-19)10-16(3,4)5/h7-9,11,20H,10H2,1-6H3. The largest absolute Gasteiger partial charge is 0.507 e. The van der Waals surface area contributed by atoms with Crippen molar-refractivity contribution in [1.29, 1.82) is 0 Å². The van der Waals surface area contributed by atoms with Gasteiger partial charge in [-0.15, -0.1) is 0 Å². The Morgan fingerprint density at radius 1 is 1.15 bits per heavy atom. The summed E-state index contributed by atoms with van der Waals surface area (Å²) in [6.45, 7) is 11.8. The normalized spacial score (nSPS) is 15.3. The van der Waals surface area contributed by atoms with Crippen LogP contribution in [-0.2, 0) is 4.79 Å². The topological polar surface area (TPSA) is 49.7 Å². The van der Waals surface area contributed by atoms with Crippen molar-refractivity contribution in [1.82, 2.24) is 0 Å². The maximum absolute atomic E-state index is 11.4. The fourth-order valence-corrected chi connectivity index (χ4v) is 2.48. The van der Waals surface area contributed by atoms with E-state index >= 15 is 0 Å². The van der Waals surface area contributed by atoms with E-state index in [1.165, 1.54) is 0 Å². The van der Waals surface area contributed by atoms with Gasteiger partial charge in [-0.25, -0.2) is 0 Å². The van der Waals surface area contributed by atoms with Gasteiger partial charge in [-0.3, -0.25) is 4.99 Å². The molecule has 0 amide bonds. The molecule has 1 atom stereocenters. The Labute approximate surface area is 121 Å². The van der Waals surface area contributed by atoms with Gasteiger partial charge in [-0.1, -0.05) is 20.8 Å². The molecule has 0 heterocycles. The zero-order chi connectivity index (χ0) is 15.6. The summed E-state index contributed by atoms with van der Waals surface area (Å²) >= 11 is 0. The number of aldehydes is 1. The van der Waals surface area contributed by atoms with Crippen molar-refractivity contribution in [3.05, 3.63) is 28.8 Å². The van der Waals surface area contributed by atoms with Crippen LogP contribution in [0, 0.1) is 19.3 Å². The van der Waals surface area contributed by atoms with Gasteiger partial charge in [0.15, 0.2) is 0 Å². The van der Waals surface area contributed by atoms with Crippen LogP contribution < -0.4 is 0 Å². The molecule has 1 aromatic rings. The van der Waals surface area contributed by atoms with E-state index in [0.29, 0.717) is 12.2 Å². The minimum absolute atomic E-state index is 0.0355. The Bertz CT molecular complexity index is 503. The summed E-state index contributed by atoms with van der Waals surface area (Å²) in [5.41, 5.74) is 1.86. The van der Waals surface area contributed by atoms with Crippen LogP contribution in [0.3, 0.4) is 0 Å². The van der Waals surface area contributed by atoms with Crippen molar-refractivity contribution in [2.75, 3.05) is 0 Å². The lowest BCUT2D eigenvalue weighted by molar-refractivity contribution is -0.112. The molecule has 3 heteroatoms. The van der Waals surface area contributed by atoms with Crippen LogP contribution in [0.5, 0.6) is 5.75 Å². The van der Waals surface area contributed by atoms with Crippen LogP contribution in [-0.4, -0.2) is 23.1 Å². The van der Waals surface area contributed by atoms with Gasteiger partial charge in [0.2, 0.25) is 0 Å². The van der Waals surface area contributed by atoms with Crippen molar-refractivity contribution in [2.24, 2.45) is 10.4 Å². The molecule has 20 heavy (non-hydrogen) atoms. The van der Waals surface area contributed by atoms with Gasteiger partial charge in [-0.05, 0) is 61.4 Å². The van der Waals surface area contributed by atoms with Crippen LogP contribution in [0.4, 0.5) is 0 Å². The molecule has 0 spiro atoms. The third kappa shape index (κ3) is 4.48. The van der Waals surface area contributed by atoms with Crippen molar-refractivity contribution >= 4 is 12.5 Å². The summed E-state index contributed by atoms with van der Waals surface area (Å²) in [6, 6.07) is 3.74. The first-order valence-corrected chi connectivity index (χ1v) is 6.88. The van der Waals surface area contributed by atoms with Crippen molar-refractivity contribution in [2.45, 2.75) is 53.5 Å². The SMILES string of the molecule is Cc1cc(C=NC(C)(C=O)CC(C)(C)C)cc(C)c1O. The van der Waals surface area contributed by atoms with E-state index < -0.39 is 5.54 Å². The summed E-state index contributed by atoms with van der Waals surface area (Å²) < 4.78 is 0. The van der Waals surface area contributed by atoms with E-state index in [1.54, 1.807) is 6.21 Å². The lowest BCUT2D eigenvalue weighted by Gasteiger charge is -2.27. The number of rotatable bonds is 4. The first-order chi connectivity index (χ1) is 9.06. The van der Waals surface area contributed by atoms with Gasteiger partial charge in [0, 0.05) is 6.21 Å². The van der Waals surface area contributed by atoms with Crippen LogP contribution in [0.25, 0.3) is 0 Å². The molecule has 0 saturated carbocycles. The Balaban J connectivity index is 3.03. The molecule has 110 valence electrons. The molecule has 1 aromatic carbocycles. The van der Waals surface area contributed by atoms with Gasteiger partial charge in [0.1, 0.15) is 17.6 Å². The zero-order valence-electron chi connectivity index (χ0n) is 13.3. The number of hydrogen-bond acceptors (Lipinski definition) is 3. The molecule has 0 saturated heterocycles. The Morgan fingerprint density at radius 3 is 2.05 bits per heavy atom. The number of phenolic OH excluding ortho intramolecular Hbond substituents is 1. The number of aliphatic imine (C=N–C) groups is 1. The average molecular weight is 275 g/mol. The third-order valence-corrected chi connectivity index (χ3v) is 3.16. The minimum Gasteiger partial charge on any atom is -0.507 e. The lowest BCUT2D eigenvalue weighted by atomic mass is 9.82. The monoisotopic (exact) mass is 275 g/mol. The van der Waals surface area contributed by atoms with Gasteiger partial charge in [-0.2, -0.15) is 0 Å². The van der Waals surface area contributed by atoms with E-state index in [4.69, 9.17) is 0 Å². The van der Waals surface area contributed by atoms with Crippen LogP contribution in [0.1, 0.15) is 50.8 Å². The van der Waals surface area contributed by atoms with Gasteiger partial charge in [0.25, 0.3) is 0 Å². The summed E-state index contributed by atoms with van der Waals surface area (Å²) in [4.78, 5) is 15.8. The highest BCUT2D eigenvalue weighted by molar-refractivity contribution is 5.83. The van der Waals surface area contributed by atoms with Crippen LogP contribution in [0.2, 0.25) is 0 Å². The summed E-state index contributed by atoms with van der Waals surface area (Å²) in [5, 5.41) is 9.76. The maximum Gasteiger partial charge on any atom is 0.147 e. The zero-order valence-corrected chi connectivity index (χ0v) is 13.3. The van der Waals surface area contributed by atoms with Gasteiger partial charge < -0.3 is 9.90 Å². The Hall–Kier alpha value is -1.64. The Kier molecular flexibility index (Phi) is 4.74. The molecule has 0 aliphatic carbocycles. The first-order valence-electron chi connectivity index (χ1n) is 6.88.